The number of amides is 2. The number of carbonyl (C=O) groups is 2. The van der Waals surface area contributed by atoms with Crippen LogP contribution >= 0.6 is 0 Å². The largest absolute Gasteiger partial charge is 0.444 e. The van der Waals surface area contributed by atoms with Crippen LogP contribution in [0.15, 0.2) is 24.3 Å². The van der Waals surface area contributed by atoms with Gasteiger partial charge in [-0.3, -0.25) is 4.79 Å². The number of rotatable bonds is 5. The molecule has 0 bridgehead atoms. The van der Waals surface area contributed by atoms with Gasteiger partial charge in [0.15, 0.2) is 0 Å². The molecule has 0 heterocycles. The summed E-state index contributed by atoms with van der Waals surface area (Å²) in [5.74, 6) is -0.433. The van der Waals surface area contributed by atoms with Gasteiger partial charge in [-0.05, 0) is 44.9 Å². The zero-order valence-corrected chi connectivity index (χ0v) is 13.2. The van der Waals surface area contributed by atoms with Crippen LogP contribution < -0.4 is 16.4 Å². The number of alkyl carbamates (subject to hydrolysis) is 1. The van der Waals surface area contributed by atoms with Crippen molar-refractivity contribution < 1.29 is 14.3 Å². The van der Waals surface area contributed by atoms with Gasteiger partial charge in [0.25, 0.3) is 0 Å². The number of nitrogens with two attached hydrogens (primary N) is 1. The second-order valence-corrected chi connectivity index (χ2v) is 6.54. The Kier molecular flexibility index (Phi) is 4.71. The molecule has 0 aromatic heterocycles. The maximum Gasteiger partial charge on any atom is 0.407 e. The maximum atomic E-state index is 11.6. The maximum absolute atomic E-state index is 11.6. The van der Waals surface area contributed by atoms with Gasteiger partial charge in [-0.15, -0.1) is 0 Å². The Bertz CT molecular complexity index is 566. The molecule has 1 fully saturated rings. The first-order valence-corrected chi connectivity index (χ1v) is 7.36. The first-order valence-electron chi connectivity index (χ1n) is 7.36. The van der Waals surface area contributed by atoms with Crippen molar-refractivity contribution in [2.24, 2.45) is 5.73 Å². The molecular weight excluding hydrogens is 282 g/mol. The third kappa shape index (κ3) is 5.04. The van der Waals surface area contributed by atoms with E-state index in [0.717, 1.165) is 12.0 Å². The van der Waals surface area contributed by atoms with Gasteiger partial charge in [-0.25, -0.2) is 4.79 Å². The van der Waals surface area contributed by atoms with Crippen LogP contribution in [-0.2, 0) is 11.3 Å². The molecule has 1 saturated carbocycles. The van der Waals surface area contributed by atoms with E-state index < -0.39 is 17.6 Å². The summed E-state index contributed by atoms with van der Waals surface area (Å²) in [6, 6.07) is 7.52. The average molecular weight is 305 g/mol. The van der Waals surface area contributed by atoms with Crippen molar-refractivity contribution in [1.29, 1.82) is 0 Å². The van der Waals surface area contributed by atoms with Crippen LogP contribution in [0.1, 0.15) is 43.1 Å². The van der Waals surface area contributed by atoms with Crippen LogP contribution in [0.5, 0.6) is 0 Å². The summed E-state index contributed by atoms with van der Waals surface area (Å²) in [7, 11) is 0. The molecule has 2 unspecified atom stereocenters. The summed E-state index contributed by atoms with van der Waals surface area (Å²) >= 11 is 0. The highest BCUT2D eigenvalue weighted by Crippen LogP contribution is 2.22. The van der Waals surface area contributed by atoms with Crippen molar-refractivity contribution in [1.82, 2.24) is 10.6 Å². The summed E-state index contributed by atoms with van der Waals surface area (Å²) in [5.41, 5.74) is 6.25. The zero-order chi connectivity index (χ0) is 16.3. The minimum atomic E-state index is -0.489. The third-order valence-corrected chi connectivity index (χ3v) is 3.27. The third-order valence-electron chi connectivity index (χ3n) is 3.27. The molecule has 1 aliphatic rings. The molecule has 120 valence electrons. The fraction of sp³-hybridized carbons (Fsp3) is 0.500. The molecule has 2 atom stereocenters. The zero-order valence-electron chi connectivity index (χ0n) is 13.2. The normalized spacial score (nSPS) is 20.3. The number of primary amides is 1. The van der Waals surface area contributed by atoms with Gasteiger partial charge in [0.1, 0.15) is 5.60 Å². The number of hydrogen-bond acceptors (Lipinski definition) is 4. The molecular formula is C16H23N3O3. The molecule has 4 N–H and O–H groups in total. The number of hydrogen-bond donors (Lipinski definition) is 3. The average Bonchev–Trinajstić information content (AvgIpc) is 3.12. The van der Waals surface area contributed by atoms with Crippen molar-refractivity contribution in [3.63, 3.8) is 0 Å². The first kappa shape index (κ1) is 16.3. The summed E-state index contributed by atoms with van der Waals surface area (Å²) < 4.78 is 5.21. The second kappa shape index (κ2) is 6.36. The molecule has 6 nitrogen and oxygen atoms in total. The van der Waals surface area contributed by atoms with E-state index in [2.05, 4.69) is 10.6 Å². The highest BCUT2D eigenvalue weighted by atomic mass is 16.6. The van der Waals surface area contributed by atoms with E-state index in [1.54, 1.807) is 18.2 Å². The Morgan fingerprint density at radius 2 is 2.05 bits per heavy atom. The topological polar surface area (TPSA) is 93.4 Å². The van der Waals surface area contributed by atoms with Gasteiger partial charge in [-0.1, -0.05) is 12.1 Å². The van der Waals surface area contributed by atoms with Gasteiger partial charge in [0, 0.05) is 24.2 Å². The first-order chi connectivity index (χ1) is 10.2. The fourth-order valence-corrected chi connectivity index (χ4v) is 2.12. The Hall–Kier alpha value is -2.08. The molecule has 1 aromatic rings. The lowest BCUT2D eigenvalue weighted by Gasteiger charge is -2.19. The highest BCUT2D eigenvalue weighted by molar-refractivity contribution is 5.92. The van der Waals surface area contributed by atoms with Crippen LogP contribution in [0.4, 0.5) is 4.79 Å². The van der Waals surface area contributed by atoms with Gasteiger partial charge < -0.3 is 21.1 Å². The molecule has 1 aliphatic carbocycles. The Morgan fingerprint density at radius 1 is 1.32 bits per heavy atom. The van der Waals surface area contributed by atoms with E-state index in [1.807, 2.05) is 26.8 Å². The monoisotopic (exact) mass is 305 g/mol. The van der Waals surface area contributed by atoms with Crippen molar-refractivity contribution in [3.8, 4) is 0 Å². The van der Waals surface area contributed by atoms with Crippen molar-refractivity contribution >= 4 is 12.0 Å². The standard InChI is InChI=1S/C16H23N3O3/c1-16(2,3)22-15(21)19-13-8-12(13)18-9-10-5-4-6-11(7-10)14(17)20/h4-7,12-13,18H,8-9H2,1-3H3,(H2,17,20)(H,19,21). The smallest absolute Gasteiger partial charge is 0.407 e. The van der Waals surface area contributed by atoms with E-state index in [0.29, 0.717) is 12.1 Å². The van der Waals surface area contributed by atoms with E-state index in [9.17, 15) is 9.59 Å². The Labute approximate surface area is 130 Å². The number of nitrogens with one attached hydrogen (secondary N) is 2. The van der Waals surface area contributed by atoms with E-state index in [4.69, 9.17) is 10.5 Å². The second-order valence-electron chi connectivity index (χ2n) is 6.54. The predicted octanol–water partition coefficient (Wildman–Crippen LogP) is 1.54. The quantitative estimate of drug-likeness (QED) is 0.769. The fourth-order valence-electron chi connectivity index (χ4n) is 2.12. The Balaban J connectivity index is 1.75. The SMILES string of the molecule is CC(C)(C)OC(=O)NC1CC1NCc1cccc(C(N)=O)c1. The molecule has 0 radical (unpaired) electrons. The summed E-state index contributed by atoms with van der Waals surface area (Å²) in [4.78, 5) is 22.8. The lowest BCUT2D eigenvalue weighted by molar-refractivity contribution is 0.0522. The van der Waals surface area contributed by atoms with Gasteiger partial charge in [-0.2, -0.15) is 0 Å². The number of ether oxygens (including phenoxy) is 1. The number of benzene rings is 1. The molecule has 1 aromatic carbocycles. The van der Waals surface area contributed by atoms with E-state index in [1.165, 1.54) is 0 Å². The molecule has 22 heavy (non-hydrogen) atoms. The molecule has 2 rings (SSSR count). The minimum Gasteiger partial charge on any atom is -0.444 e. The molecule has 0 spiro atoms. The van der Waals surface area contributed by atoms with Gasteiger partial charge in [0.05, 0.1) is 0 Å². The summed E-state index contributed by atoms with van der Waals surface area (Å²) in [5, 5.41) is 6.16. The molecule has 6 heteroatoms. The number of carbonyl (C=O) groups excluding carboxylic acids is 2. The lowest BCUT2D eigenvalue weighted by atomic mass is 10.1. The van der Waals surface area contributed by atoms with Crippen LogP contribution in [0, 0.1) is 0 Å². The van der Waals surface area contributed by atoms with Crippen molar-refractivity contribution in [3.05, 3.63) is 35.4 Å². The van der Waals surface area contributed by atoms with E-state index >= 15 is 0 Å². The van der Waals surface area contributed by atoms with Crippen LogP contribution in [0.2, 0.25) is 0 Å². The van der Waals surface area contributed by atoms with Crippen LogP contribution in [0.25, 0.3) is 0 Å². The van der Waals surface area contributed by atoms with Gasteiger partial charge in [0.2, 0.25) is 5.91 Å². The van der Waals surface area contributed by atoms with Crippen LogP contribution in [0.3, 0.4) is 0 Å². The minimum absolute atomic E-state index is 0.0918. The van der Waals surface area contributed by atoms with Crippen molar-refractivity contribution in [2.75, 3.05) is 0 Å². The Morgan fingerprint density at radius 3 is 2.68 bits per heavy atom. The lowest BCUT2D eigenvalue weighted by Crippen LogP contribution is -2.36. The molecule has 2 amide bonds. The van der Waals surface area contributed by atoms with Gasteiger partial charge >= 0.3 is 6.09 Å². The summed E-state index contributed by atoms with van der Waals surface area (Å²) in [6.45, 7) is 6.13. The van der Waals surface area contributed by atoms with Crippen LogP contribution in [-0.4, -0.2) is 29.7 Å². The van der Waals surface area contributed by atoms with E-state index in [-0.39, 0.29) is 12.1 Å². The predicted molar refractivity (Wildman–Crippen MR) is 83.4 cm³/mol. The summed E-state index contributed by atoms with van der Waals surface area (Å²) in [6.07, 6.45) is 0.479. The van der Waals surface area contributed by atoms with Crippen molar-refractivity contribution in [2.45, 2.75) is 51.4 Å². The highest BCUT2D eigenvalue weighted by Gasteiger charge is 2.38. The molecule has 0 saturated heterocycles. The molecule has 0 aliphatic heterocycles.